The summed E-state index contributed by atoms with van der Waals surface area (Å²) in [6.45, 7) is 6.86. The van der Waals surface area contributed by atoms with Crippen molar-refractivity contribution in [2.24, 2.45) is 0 Å². The molecule has 0 fully saturated rings. The Kier molecular flexibility index (Phi) is 6.49. The number of amides is 1. The maximum atomic E-state index is 13.7. The van der Waals surface area contributed by atoms with Crippen LogP contribution < -0.4 is 4.74 Å². The molecule has 1 aromatic rings. The Bertz CT molecular complexity index is 448. The fourth-order valence-electron chi connectivity index (χ4n) is 2.04. The fourth-order valence-corrected chi connectivity index (χ4v) is 2.04. The second-order valence-corrected chi connectivity index (χ2v) is 4.96. The molecule has 1 amide bonds. The third-order valence-electron chi connectivity index (χ3n) is 3.54. The van der Waals surface area contributed by atoms with E-state index >= 15 is 0 Å². The van der Waals surface area contributed by atoms with Gasteiger partial charge in [-0.15, -0.1) is 0 Å². The van der Waals surface area contributed by atoms with E-state index in [-0.39, 0.29) is 17.7 Å². The lowest BCUT2D eigenvalue weighted by atomic mass is 10.1. The van der Waals surface area contributed by atoms with Crippen molar-refractivity contribution in [3.8, 4) is 5.75 Å². The molecule has 0 N–H and O–H groups in total. The van der Waals surface area contributed by atoms with Crippen LogP contribution in [0.3, 0.4) is 0 Å². The van der Waals surface area contributed by atoms with Gasteiger partial charge in [-0.05, 0) is 38.0 Å². The maximum absolute atomic E-state index is 13.7. The minimum absolute atomic E-state index is 0.116. The Morgan fingerprint density at radius 2 is 2.10 bits per heavy atom. The van der Waals surface area contributed by atoms with Gasteiger partial charge in [-0.3, -0.25) is 4.79 Å². The number of benzene rings is 1. The molecule has 3 nitrogen and oxygen atoms in total. The Morgan fingerprint density at radius 3 is 2.60 bits per heavy atom. The number of carbonyl (C=O) groups excluding carboxylic acids is 1. The average molecular weight is 281 g/mol. The van der Waals surface area contributed by atoms with Gasteiger partial charge >= 0.3 is 0 Å². The lowest BCUT2D eigenvalue weighted by Crippen LogP contribution is -2.39. The van der Waals surface area contributed by atoms with Crippen molar-refractivity contribution in [1.82, 2.24) is 4.90 Å². The normalized spacial score (nSPS) is 12.1. The molecule has 112 valence electrons. The van der Waals surface area contributed by atoms with Gasteiger partial charge in [0.2, 0.25) is 0 Å². The van der Waals surface area contributed by atoms with Gasteiger partial charge < -0.3 is 9.64 Å². The highest BCUT2D eigenvalue weighted by Crippen LogP contribution is 2.20. The number of halogens is 1. The van der Waals surface area contributed by atoms with Crippen molar-refractivity contribution >= 4 is 5.91 Å². The first-order chi connectivity index (χ1) is 9.54. The van der Waals surface area contributed by atoms with Gasteiger partial charge in [0.25, 0.3) is 5.91 Å². The SMILES string of the molecule is CCCCN(C(=O)c1ccc(OC)c(F)c1)C(C)CC. The minimum Gasteiger partial charge on any atom is -0.494 e. The first-order valence-corrected chi connectivity index (χ1v) is 7.19. The topological polar surface area (TPSA) is 29.5 Å². The number of hydrogen-bond acceptors (Lipinski definition) is 2. The summed E-state index contributed by atoms with van der Waals surface area (Å²) in [6, 6.07) is 4.52. The molecule has 0 saturated heterocycles. The van der Waals surface area contributed by atoms with Crippen LogP contribution in [-0.2, 0) is 0 Å². The first kappa shape index (κ1) is 16.5. The minimum atomic E-state index is -0.502. The zero-order valence-electron chi connectivity index (χ0n) is 12.8. The van der Waals surface area contributed by atoms with E-state index in [4.69, 9.17) is 4.74 Å². The van der Waals surface area contributed by atoms with Crippen LogP contribution >= 0.6 is 0 Å². The molecule has 0 aliphatic carbocycles. The molecule has 1 unspecified atom stereocenters. The Hall–Kier alpha value is -1.58. The summed E-state index contributed by atoms with van der Waals surface area (Å²) in [5.41, 5.74) is 0.375. The molecule has 4 heteroatoms. The highest BCUT2D eigenvalue weighted by Gasteiger charge is 2.21. The lowest BCUT2D eigenvalue weighted by molar-refractivity contribution is 0.0684. The number of unbranched alkanes of at least 4 members (excludes halogenated alkanes) is 1. The van der Waals surface area contributed by atoms with E-state index in [1.54, 1.807) is 6.07 Å². The predicted molar refractivity (Wildman–Crippen MR) is 78.6 cm³/mol. The summed E-state index contributed by atoms with van der Waals surface area (Å²) in [5.74, 6) is -0.461. The van der Waals surface area contributed by atoms with Crippen molar-refractivity contribution in [2.75, 3.05) is 13.7 Å². The average Bonchev–Trinajstić information content (AvgIpc) is 2.46. The molecule has 1 rings (SSSR count). The number of nitrogens with zero attached hydrogens (tertiary/aromatic N) is 1. The van der Waals surface area contributed by atoms with Gasteiger partial charge in [0.1, 0.15) is 0 Å². The second-order valence-electron chi connectivity index (χ2n) is 4.96. The quantitative estimate of drug-likeness (QED) is 0.759. The van der Waals surface area contributed by atoms with Crippen LogP contribution in [-0.4, -0.2) is 30.5 Å². The highest BCUT2D eigenvalue weighted by atomic mass is 19.1. The number of carbonyl (C=O) groups is 1. The molecular formula is C16H24FNO2. The zero-order chi connectivity index (χ0) is 15.1. The lowest BCUT2D eigenvalue weighted by Gasteiger charge is -2.28. The van der Waals surface area contributed by atoms with E-state index in [1.165, 1.54) is 19.2 Å². The van der Waals surface area contributed by atoms with Crippen LogP contribution in [0.1, 0.15) is 50.4 Å². The molecule has 0 aliphatic heterocycles. The molecule has 1 atom stereocenters. The largest absolute Gasteiger partial charge is 0.494 e. The standard InChI is InChI=1S/C16H24FNO2/c1-5-7-10-18(12(3)6-2)16(19)13-8-9-15(20-4)14(17)11-13/h8-9,11-12H,5-7,10H2,1-4H3. The summed E-state index contributed by atoms with van der Waals surface area (Å²) in [4.78, 5) is 14.3. The van der Waals surface area contributed by atoms with Gasteiger partial charge in [-0.1, -0.05) is 20.3 Å². The second kappa shape index (κ2) is 7.88. The molecule has 0 aliphatic rings. The van der Waals surface area contributed by atoms with Gasteiger partial charge in [0, 0.05) is 18.2 Å². The van der Waals surface area contributed by atoms with Crippen LogP contribution in [0.25, 0.3) is 0 Å². The maximum Gasteiger partial charge on any atom is 0.254 e. The number of hydrogen-bond donors (Lipinski definition) is 0. The molecule has 0 heterocycles. The molecule has 1 aromatic carbocycles. The molecule has 0 bridgehead atoms. The third-order valence-corrected chi connectivity index (χ3v) is 3.54. The summed E-state index contributed by atoms with van der Waals surface area (Å²) >= 11 is 0. The van der Waals surface area contributed by atoms with Gasteiger partial charge in [0.15, 0.2) is 11.6 Å². The summed E-state index contributed by atoms with van der Waals surface area (Å²) < 4.78 is 18.6. The van der Waals surface area contributed by atoms with E-state index in [9.17, 15) is 9.18 Å². The molecule has 0 saturated carbocycles. The van der Waals surface area contributed by atoms with E-state index < -0.39 is 5.82 Å². The Labute approximate surface area is 120 Å². The molecule has 0 spiro atoms. The van der Waals surface area contributed by atoms with Crippen molar-refractivity contribution in [1.29, 1.82) is 0 Å². The van der Waals surface area contributed by atoms with Crippen molar-refractivity contribution < 1.29 is 13.9 Å². The number of methoxy groups -OCH3 is 1. The predicted octanol–water partition coefficient (Wildman–Crippen LogP) is 3.88. The van der Waals surface area contributed by atoms with Gasteiger partial charge in [0.05, 0.1) is 7.11 Å². The summed E-state index contributed by atoms with van der Waals surface area (Å²) in [6.07, 6.45) is 2.86. The van der Waals surface area contributed by atoms with Crippen LogP contribution in [0, 0.1) is 5.82 Å². The monoisotopic (exact) mass is 281 g/mol. The van der Waals surface area contributed by atoms with Crippen molar-refractivity contribution in [3.05, 3.63) is 29.6 Å². The van der Waals surface area contributed by atoms with Gasteiger partial charge in [-0.25, -0.2) is 4.39 Å². The highest BCUT2D eigenvalue weighted by molar-refractivity contribution is 5.94. The Morgan fingerprint density at radius 1 is 1.40 bits per heavy atom. The number of ether oxygens (including phenoxy) is 1. The summed E-state index contributed by atoms with van der Waals surface area (Å²) in [7, 11) is 1.41. The first-order valence-electron chi connectivity index (χ1n) is 7.19. The fraction of sp³-hybridized carbons (Fsp3) is 0.562. The van der Waals surface area contributed by atoms with E-state index in [1.807, 2.05) is 18.7 Å². The van der Waals surface area contributed by atoms with Crippen LogP contribution in [0.2, 0.25) is 0 Å². The Balaban J connectivity index is 2.96. The van der Waals surface area contributed by atoms with Crippen LogP contribution in [0.4, 0.5) is 4.39 Å². The van der Waals surface area contributed by atoms with Gasteiger partial charge in [-0.2, -0.15) is 0 Å². The third kappa shape index (κ3) is 3.95. The molecule has 0 aromatic heterocycles. The summed E-state index contributed by atoms with van der Waals surface area (Å²) in [5, 5.41) is 0. The van der Waals surface area contributed by atoms with E-state index in [2.05, 4.69) is 6.92 Å². The zero-order valence-corrected chi connectivity index (χ0v) is 12.8. The molecule has 20 heavy (non-hydrogen) atoms. The smallest absolute Gasteiger partial charge is 0.254 e. The van der Waals surface area contributed by atoms with Crippen LogP contribution in [0.5, 0.6) is 5.75 Å². The number of rotatable bonds is 7. The van der Waals surface area contributed by atoms with E-state index in [0.717, 1.165) is 19.3 Å². The van der Waals surface area contributed by atoms with Crippen molar-refractivity contribution in [2.45, 2.75) is 46.1 Å². The van der Waals surface area contributed by atoms with Crippen molar-refractivity contribution in [3.63, 3.8) is 0 Å². The molecule has 0 radical (unpaired) electrons. The van der Waals surface area contributed by atoms with E-state index in [0.29, 0.717) is 12.1 Å². The van der Waals surface area contributed by atoms with Crippen LogP contribution in [0.15, 0.2) is 18.2 Å². The molecular weight excluding hydrogens is 257 g/mol.